The van der Waals surface area contributed by atoms with Crippen molar-refractivity contribution in [3.05, 3.63) is 45.1 Å². The predicted octanol–water partition coefficient (Wildman–Crippen LogP) is 5.09. The van der Waals surface area contributed by atoms with Crippen LogP contribution in [0, 0.1) is 10.1 Å². The number of carbonyl (C=O) groups is 1. The number of morpholine rings is 1. The van der Waals surface area contributed by atoms with Crippen LogP contribution in [0.2, 0.25) is 5.02 Å². The van der Waals surface area contributed by atoms with Crippen LogP contribution in [0.4, 0.5) is 10.7 Å². The van der Waals surface area contributed by atoms with E-state index in [9.17, 15) is 14.9 Å². The Hall–Kier alpha value is -2.34. The van der Waals surface area contributed by atoms with Crippen molar-refractivity contribution in [1.82, 2.24) is 14.5 Å². The fraction of sp³-hybridized carbons (Fsp3) is 0.583. The van der Waals surface area contributed by atoms with Crippen molar-refractivity contribution >= 4 is 33.7 Å². The summed E-state index contributed by atoms with van der Waals surface area (Å²) in [6, 6.07) is 4.84. The first kappa shape index (κ1) is 28.2. The minimum atomic E-state index is -0.730. The Balaban J connectivity index is 1.87. The molecule has 0 unspecified atom stereocenters. The van der Waals surface area contributed by atoms with Crippen LogP contribution in [0.3, 0.4) is 0 Å². The second-order valence-electron chi connectivity index (χ2n) is 10.5. The molecule has 0 radical (unpaired) electrons. The number of carbonyl (C=O) groups excluding carboxylic acids is 1. The third kappa shape index (κ3) is 7.83. The van der Waals surface area contributed by atoms with Crippen molar-refractivity contribution in [1.29, 1.82) is 0 Å². The van der Waals surface area contributed by atoms with Gasteiger partial charge in [-0.25, -0.2) is 19.4 Å². The summed E-state index contributed by atoms with van der Waals surface area (Å²) in [6.45, 7) is 7.02. The molecule has 1 aliphatic heterocycles. The number of imidazole rings is 1. The fourth-order valence-corrected chi connectivity index (χ4v) is 4.49. The lowest BCUT2D eigenvalue weighted by Crippen LogP contribution is -2.45. The molecule has 2 aromatic rings. The first-order chi connectivity index (χ1) is 16.7. The quantitative estimate of drug-likeness (QED) is 0.259. The average molecular weight is 543 g/mol. The van der Waals surface area contributed by atoms with Gasteiger partial charge in [0.2, 0.25) is 0 Å². The van der Waals surface area contributed by atoms with E-state index in [4.69, 9.17) is 25.8 Å². The Morgan fingerprint density at radius 2 is 2.03 bits per heavy atom. The first-order valence-corrected chi connectivity index (χ1v) is 15.0. The lowest BCUT2D eigenvalue weighted by molar-refractivity contribution is -0.397. The minimum absolute atomic E-state index is 0.0230. The molecule has 0 spiro atoms. The maximum Gasteiger partial charge on any atom is 0.437 e. The van der Waals surface area contributed by atoms with E-state index in [1.54, 1.807) is 23.2 Å². The third-order valence-electron chi connectivity index (χ3n) is 5.35. The largest absolute Gasteiger partial charge is 0.444 e. The smallest absolute Gasteiger partial charge is 0.437 e. The van der Waals surface area contributed by atoms with Crippen molar-refractivity contribution in [2.45, 2.75) is 39.1 Å². The summed E-state index contributed by atoms with van der Waals surface area (Å²) in [5.41, 5.74) is 1.07. The van der Waals surface area contributed by atoms with Gasteiger partial charge in [-0.2, -0.15) is 0 Å². The van der Waals surface area contributed by atoms with Gasteiger partial charge in [0.25, 0.3) is 0 Å². The second kappa shape index (κ2) is 11.4. The molecule has 0 N–H and O–H groups in total. The number of rotatable bonds is 8. The Kier molecular flexibility index (Phi) is 8.92. The molecular formula is C24H35ClN4O6S. The highest BCUT2D eigenvalue weighted by Gasteiger charge is 2.33. The molecule has 2 heterocycles. The van der Waals surface area contributed by atoms with Gasteiger partial charge in [-0.1, -0.05) is 16.6 Å². The van der Waals surface area contributed by atoms with Crippen LogP contribution in [-0.2, 0) is 20.9 Å². The highest BCUT2D eigenvalue weighted by atomic mass is 35.5. The van der Waals surface area contributed by atoms with Crippen molar-refractivity contribution in [3.8, 4) is 11.3 Å². The van der Waals surface area contributed by atoms with E-state index in [0.29, 0.717) is 36.0 Å². The molecule has 1 atom stereocenters. The number of benzene rings is 1. The van der Waals surface area contributed by atoms with Gasteiger partial charge in [0, 0.05) is 22.9 Å². The molecule has 1 aromatic carbocycles. The number of aromatic nitrogens is 2. The summed E-state index contributed by atoms with van der Waals surface area (Å²) < 4.78 is 18.3. The zero-order valence-corrected chi connectivity index (χ0v) is 23.2. The molecule has 1 amide bonds. The van der Waals surface area contributed by atoms with Crippen LogP contribution >= 0.6 is 21.6 Å². The molecular weight excluding hydrogens is 508 g/mol. The third-order valence-corrected chi connectivity index (χ3v) is 6.96. The van der Waals surface area contributed by atoms with Crippen molar-refractivity contribution < 1.29 is 23.9 Å². The van der Waals surface area contributed by atoms with Crippen molar-refractivity contribution in [2.75, 3.05) is 50.9 Å². The minimum Gasteiger partial charge on any atom is -0.444 e. The molecule has 1 aromatic heterocycles. The van der Waals surface area contributed by atoms with E-state index >= 15 is 0 Å². The first-order valence-electron chi connectivity index (χ1n) is 11.6. The summed E-state index contributed by atoms with van der Waals surface area (Å²) in [6.07, 6.45) is 7.71. The SMILES string of the molecule is CC(C)(C)OC(=O)N1CCOC[C@H]1c1cc(Cl)cc(-c2cn(COCCS(C)(C)C)c([N+](=O)[O-])n2)c1. The standard InChI is InChI=1S/C24H35ClN4O6S/c1-24(2,3)35-23(30)28-7-8-33-15-21(28)18-11-17(12-19(25)13-18)20-14-27(22(26-20)29(31)32)16-34-9-10-36(4,5)6/h11-14,21H,7-10,15-16H2,1-6H3/t21-/m0/s1. The highest BCUT2D eigenvalue weighted by molar-refractivity contribution is 8.32. The topological polar surface area (TPSA) is 109 Å². The Labute approximate surface area is 218 Å². The van der Waals surface area contributed by atoms with E-state index in [1.807, 2.05) is 26.8 Å². The summed E-state index contributed by atoms with van der Waals surface area (Å²) in [4.78, 5) is 29.8. The van der Waals surface area contributed by atoms with Crippen molar-refractivity contribution in [3.63, 3.8) is 0 Å². The van der Waals surface area contributed by atoms with Crippen LogP contribution in [0.15, 0.2) is 24.4 Å². The van der Waals surface area contributed by atoms with Crippen LogP contribution in [-0.4, -0.2) is 82.0 Å². The molecule has 10 nitrogen and oxygen atoms in total. The number of nitrogens with zero attached hydrogens (tertiary/aromatic N) is 4. The fourth-order valence-electron chi connectivity index (χ4n) is 3.63. The van der Waals surface area contributed by atoms with Gasteiger partial charge in [0.05, 0.1) is 25.9 Å². The van der Waals surface area contributed by atoms with Gasteiger partial charge in [0.15, 0.2) is 12.4 Å². The monoisotopic (exact) mass is 542 g/mol. The second-order valence-corrected chi connectivity index (χ2v) is 15.5. The average Bonchev–Trinajstić information content (AvgIpc) is 3.19. The van der Waals surface area contributed by atoms with Gasteiger partial charge >= 0.3 is 12.0 Å². The molecule has 1 aliphatic rings. The van der Waals surface area contributed by atoms with E-state index in [2.05, 4.69) is 23.8 Å². The molecule has 200 valence electrons. The van der Waals surface area contributed by atoms with E-state index in [0.717, 1.165) is 11.3 Å². The number of ether oxygens (including phenoxy) is 3. The molecule has 3 rings (SSSR count). The lowest BCUT2D eigenvalue weighted by atomic mass is 10.0. The van der Waals surface area contributed by atoms with Gasteiger partial charge in [0.1, 0.15) is 11.8 Å². The van der Waals surface area contributed by atoms with Crippen molar-refractivity contribution in [2.24, 2.45) is 0 Å². The zero-order valence-electron chi connectivity index (χ0n) is 21.7. The van der Waals surface area contributed by atoms with Crippen LogP contribution in [0.1, 0.15) is 32.4 Å². The predicted molar refractivity (Wildman–Crippen MR) is 142 cm³/mol. The molecule has 0 bridgehead atoms. The summed E-state index contributed by atoms with van der Waals surface area (Å²) >= 11 is 6.44. The maximum atomic E-state index is 12.9. The number of amides is 1. The number of hydrogen-bond donors (Lipinski definition) is 0. The molecule has 0 saturated carbocycles. The summed E-state index contributed by atoms with van der Waals surface area (Å²) in [7, 11) is -0.730. The normalized spacial score (nSPS) is 17.2. The number of nitro groups is 1. The summed E-state index contributed by atoms with van der Waals surface area (Å²) in [5, 5.41) is 12.1. The molecule has 1 fully saturated rings. The van der Waals surface area contributed by atoms with Crippen LogP contribution < -0.4 is 0 Å². The Bertz CT molecular complexity index is 1100. The molecule has 12 heteroatoms. The van der Waals surface area contributed by atoms with Crippen LogP contribution in [0.5, 0.6) is 0 Å². The molecule has 36 heavy (non-hydrogen) atoms. The highest BCUT2D eigenvalue weighted by Crippen LogP contribution is 2.34. The van der Waals surface area contributed by atoms with Crippen LogP contribution in [0.25, 0.3) is 11.3 Å². The molecule has 0 aliphatic carbocycles. The Morgan fingerprint density at radius 3 is 2.67 bits per heavy atom. The van der Waals surface area contributed by atoms with Gasteiger partial charge in [-0.15, -0.1) is 0 Å². The number of hydrogen-bond acceptors (Lipinski definition) is 7. The zero-order chi connectivity index (χ0) is 26.7. The van der Waals surface area contributed by atoms with E-state index in [1.165, 1.54) is 4.57 Å². The van der Waals surface area contributed by atoms with Gasteiger partial charge in [-0.3, -0.25) is 4.90 Å². The van der Waals surface area contributed by atoms with E-state index < -0.39 is 32.7 Å². The molecule has 1 saturated heterocycles. The van der Waals surface area contributed by atoms with Gasteiger partial charge < -0.3 is 24.3 Å². The van der Waals surface area contributed by atoms with E-state index in [-0.39, 0.29) is 19.3 Å². The number of halogens is 1. The maximum absolute atomic E-state index is 12.9. The Morgan fingerprint density at radius 1 is 1.31 bits per heavy atom. The summed E-state index contributed by atoms with van der Waals surface area (Å²) in [5.74, 6) is 0.587. The lowest BCUT2D eigenvalue weighted by Gasteiger charge is -2.37. The van der Waals surface area contributed by atoms with Gasteiger partial charge in [-0.05, 0) is 68.2 Å².